The molecule has 4 aromatic rings. The molecule has 214 valence electrons. The van der Waals surface area contributed by atoms with Crippen molar-refractivity contribution in [1.82, 2.24) is 20.3 Å². The summed E-state index contributed by atoms with van der Waals surface area (Å²) in [6.45, 7) is 10.1. The number of imidazole rings is 1. The molecule has 42 heavy (non-hydrogen) atoms. The van der Waals surface area contributed by atoms with Gasteiger partial charge >= 0.3 is 0 Å². The van der Waals surface area contributed by atoms with E-state index >= 15 is 4.39 Å². The third-order valence-electron chi connectivity index (χ3n) is 7.46. The average molecular weight is 564 g/mol. The van der Waals surface area contributed by atoms with Crippen molar-refractivity contribution in [1.29, 1.82) is 0 Å². The van der Waals surface area contributed by atoms with Crippen molar-refractivity contribution in [2.75, 3.05) is 12.4 Å². The number of aromatic nitrogens is 3. The first kappa shape index (κ1) is 30.0. The van der Waals surface area contributed by atoms with Gasteiger partial charge in [-0.3, -0.25) is 0 Å². The molecule has 0 spiro atoms. The van der Waals surface area contributed by atoms with Crippen LogP contribution in [0.5, 0.6) is 0 Å². The van der Waals surface area contributed by atoms with Gasteiger partial charge in [0.05, 0.1) is 11.2 Å². The lowest BCUT2D eigenvalue weighted by molar-refractivity contribution is 0.356. The first-order valence-corrected chi connectivity index (χ1v) is 13.8. The van der Waals surface area contributed by atoms with Gasteiger partial charge in [0.15, 0.2) is 5.65 Å². The maximum atomic E-state index is 15.4. The predicted octanol–water partition coefficient (Wildman–Crippen LogP) is 8.16. The van der Waals surface area contributed by atoms with Gasteiger partial charge in [0.1, 0.15) is 17.5 Å². The molecule has 0 saturated heterocycles. The van der Waals surface area contributed by atoms with E-state index in [-0.39, 0.29) is 11.6 Å². The molecule has 1 aliphatic rings. The zero-order chi connectivity index (χ0) is 30.2. The fourth-order valence-corrected chi connectivity index (χ4v) is 5.07. The number of nitrogens with zero attached hydrogens (tertiary/aromatic N) is 2. The smallest absolute Gasteiger partial charge is 0.178 e. The third-order valence-corrected chi connectivity index (χ3v) is 7.46. The first-order chi connectivity index (χ1) is 20.4. The van der Waals surface area contributed by atoms with Crippen LogP contribution in [0.4, 0.5) is 14.5 Å². The Morgan fingerprint density at radius 1 is 1.12 bits per heavy atom. The summed E-state index contributed by atoms with van der Waals surface area (Å²) in [6.07, 6.45) is 19.1. The molecule has 2 aromatic carbocycles. The highest BCUT2D eigenvalue weighted by atomic mass is 19.1. The van der Waals surface area contributed by atoms with Gasteiger partial charge in [0, 0.05) is 42.2 Å². The Bertz CT molecular complexity index is 1690. The lowest BCUT2D eigenvalue weighted by Gasteiger charge is -2.28. The Morgan fingerprint density at radius 2 is 1.88 bits per heavy atom. The molecule has 5 rings (SSSR count). The fraction of sp³-hybridized carbons (Fsp3) is 0.200. The van der Waals surface area contributed by atoms with Crippen molar-refractivity contribution in [3.05, 3.63) is 120 Å². The van der Waals surface area contributed by atoms with E-state index in [1.165, 1.54) is 18.6 Å². The van der Waals surface area contributed by atoms with Gasteiger partial charge in [0.25, 0.3) is 0 Å². The number of H-pyrrole nitrogens is 1. The van der Waals surface area contributed by atoms with Gasteiger partial charge in [-0.05, 0) is 78.8 Å². The zero-order valence-corrected chi connectivity index (χ0v) is 24.0. The maximum Gasteiger partial charge on any atom is 0.178 e. The Balaban J connectivity index is 0.00000198. The van der Waals surface area contributed by atoms with Crippen molar-refractivity contribution in [3.63, 3.8) is 0 Å². The van der Waals surface area contributed by atoms with Crippen LogP contribution in [0.2, 0.25) is 0 Å². The number of hydrogen-bond acceptors (Lipinski definition) is 4. The summed E-state index contributed by atoms with van der Waals surface area (Å²) in [4.78, 5) is 12.3. The molecule has 1 saturated carbocycles. The van der Waals surface area contributed by atoms with E-state index in [9.17, 15) is 4.39 Å². The summed E-state index contributed by atoms with van der Waals surface area (Å²) in [5.74, 6) is 0.390. The van der Waals surface area contributed by atoms with Crippen LogP contribution in [0.25, 0.3) is 27.9 Å². The van der Waals surface area contributed by atoms with Gasteiger partial charge in [0.2, 0.25) is 0 Å². The van der Waals surface area contributed by atoms with E-state index in [1.54, 1.807) is 43.6 Å². The standard InChI is InChI=1S/C33H33F2N5.C2H2/c1-5-21(17-25(6-2)38-20(3)22-10-9-11-22)23-16-24(31(36-4)29(35)18-23)19-30-39-32-27(14-15-37-33(32)40-30)26-12-7-8-13-28(26)34;1-2/h5-8,12-18,22,36,38H,2-3,9-11,19H2,1,4H3,(H,37,39,40);1-2H/b21-5+,25-17+;. The normalized spacial score (nSPS) is 13.6. The molecule has 0 amide bonds. The number of hydrogen-bond donors (Lipinski definition) is 3. The number of aromatic amines is 1. The Morgan fingerprint density at radius 3 is 2.52 bits per heavy atom. The van der Waals surface area contributed by atoms with Gasteiger partial charge in [-0.2, -0.15) is 0 Å². The van der Waals surface area contributed by atoms with Gasteiger partial charge in [-0.15, -0.1) is 12.8 Å². The molecule has 0 radical (unpaired) electrons. The molecule has 1 fully saturated rings. The molecule has 0 aliphatic heterocycles. The lowest BCUT2D eigenvalue weighted by Crippen LogP contribution is -2.23. The quantitative estimate of drug-likeness (QED) is 0.135. The minimum Gasteiger partial charge on any atom is -0.386 e. The molecule has 2 heterocycles. The summed E-state index contributed by atoms with van der Waals surface area (Å²) < 4.78 is 30.0. The van der Waals surface area contributed by atoms with Crippen molar-refractivity contribution in [3.8, 4) is 24.0 Å². The monoisotopic (exact) mass is 563 g/mol. The van der Waals surface area contributed by atoms with Crippen LogP contribution >= 0.6 is 0 Å². The van der Waals surface area contributed by atoms with E-state index in [2.05, 4.69) is 51.6 Å². The van der Waals surface area contributed by atoms with E-state index in [0.29, 0.717) is 46.1 Å². The molecule has 5 nitrogen and oxygen atoms in total. The topological polar surface area (TPSA) is 65.6 Å². The van der Waals surface area contributed by atoms with E-state index in [0.717, 1.165) is 40.9 Å². The van der Waals surface area contributed by atoms with E-state index < -0.39 is 0 Å². The number of allylic oxidation sites excluding steroid dienone is 5. The third kappa shape index (κ3) is 6.34. The van der Waals surface area contributed by atoms with Crippen LogP contribution in [-0.2, 0) is 6.42 Å². The van der Waals surface area contributed by atoms with Crippen molar-refractivity contribution >= 4 is 22.4 Å². The second kappa shape index (κ2) is 13.6. The molecule has 1 aliphatic carbocycles. The SMILES string of the molecule is C#C.C=C/C(=C\C(=C/C)c1cc(F)c(NC)c(Cc2nc3nccc(-c4ccccc4F)c3[nH]2)c1)NC(=C)C1CCC1. The van der Waals surface area contributed by atoms with Crippen LogP contribution in [0.1, 0.15) is 43.1 Å². The highest BCUT2D eigenvalue weighted by molar-refractivity contribution is 5.90. The van der Waals surface area contributed by atoms with E-state index in [1.807, 2.05) is 25.1 Å². The van der Waals surface area contributed by atoms with Gasteiger partial charge in [-0.25, -0.2) is 18.7 Å². The molecule has 2 aromatic heterocycles. The van der Waals surface area contributed by atoms with Gasteiger partial charge in [-0.1, -0.05) is 43.9 Å². The van der Waals surface area contributed by atoms with Crippen LogP contribution < -0.4 is 10.6 Å². The number of anilines is 1. The molecule has 0 unspecified atom stereocenters. The highest BCUT2D eigenvalue weighted by Gasteiger charge is 2.21. The minimum absolute atomic E-state index is 0.319. The number of fused-ring (bicyclic) bond motifs is 1. The summed E-state index contributed by atoms with van der Waals surface area (Å²) in [6, 6.07) is 11.8. The molecule has 7 heteroatoms. The second-order valence-corrected chi connectivity index (χ2v) is 9.97. The van der Waals surface area contributed by atoms with Crippen LogP contribution in [0.3, 0.4) is 0 Å². The summed E-state index contributed by atoms with van der Waals surface area (Å²) >= 11 is 0. The number of benzene rings is 2. The Labute approximate surface area is 246 Å². The molecule has 0 atom stereocenters. The largest absolute Gasteiger partial charge is 0.386 e. The summed E-state index contributed by atoms with van der Waals surface area (Å²) in [7, 11) is 1.69. The number of terminal acetylenes is 1. The van der Waals surface area contributed by atoms with Crippen molar-refractivity contribution in [2.24, 2.45) is 5.92 Å². The second-order valence-electron chi connectivity index (χ2n) is 9.97. The maximum absolute atomic E-state index is 15.4. The molecule has 0 bridgehead atoms. The lowest BCUT2D eigenvalue weighted by atomic mass is 9.83. The van der Waals surface area contributed by atoms with Crippen molar-refractivity contribution in [2.45, 2.75) is 32.6 Å². The van der Waals surface area contributed by atoms with Crippen LogP contribution in [0, 0.1) is 30.4 Å². The van der Waals surface area contributed by atoms with Crippen LogP contribution in [0.15, 0.2) is 91.4 Å². The highest BCUT2D eigenvalue weighted by Crippen LogP contribution is 2.33. The number of nitrogens with one attached hydrogen (secondary N) is 3. The Hall–Kier alpha value is -4.96. The fourth-order valence-electron chi connectivity index (χ4n) is 5.07. The average Bonchev–Trinajstić information content (AvgIpc) is 3.38. The van der Waals surface area contributed by atoms with Crippen molar-refractivity contribution < 1.29 is 8.78 Å². The molecule has 3 N–H and O–H groups in total. The zero-order valence-electron chi connectivity index (χ0n) is 24.0. The molecular formula is C35H35F2N5. The first-order valence-electron chi connectivity index (χ1n) is 13.8. The van der Waals surface area contributed by atoms with Crippen LogP contribution in [-0.4, -0.2) is 22.0 Å². The molecular weight excluding hydrogens is 528 g/mol. The summed E-state index contributed by atoms with van der Waals surface area (Å²) in [5, 5.41) is 6.38. The van der Waals surface area contributed by atoms with E-state index in [4.69, 9.17) is 0 Å². The predicted molar refractivity (Wildman–Crippen MR) is 169 cm³/mol. The number of pyridine rings is 1. The number of halogens is 2. The minimum atomic E-state index is -0.365. The number of rotatable bonds is 10. The Kier molecular flexibility index (Phi) is 9.72. The summed E-state index contributed by atoms with van der Waals surface area (Å²) in [5.41, 5.74) is 6.74. The van der Waals surface area contributed by atoms with Gasteiger partial charge < -0.3 is 15.6 Å².